The van der Waals surface area contributed by atoms with Gasteiger partial charge in [0.1, 0.15) is 18.3 Å². The molecular weight excluding hydrogens is 426 g/mol. The second-order valence-corrected chi connectivity index (χ2v) is 8.79. The van der Waals surface area contributed by atoms with Gasteiger partial charge >= 0.3 is 6.09 Å². The van der Waals surface area contributed by atoms with Crippen molar-refractivity contribution in [1.29, 1.82) is 0 Å². The van der Waals surface area contributed by atoms with E-state index in [0.717, 1.165) is 27.8 Å². The third-order valence-electron chi connectivity index (χ3n) is 6.65. The molecule has 0 radical (unpaired) electrons. The molecule has 170 valence electrons. The van der Waals surface area contributed by atoms with E-state index in [2.05, 4.69) is 0 Å². The second-order valence-electron chi connectivity index (χ2n) is 8.79. The minimum Gasteiger partial charge on any atom is -0.447 e. The number of hydrogen-bond acceptors (Lipinski definition) is 4. The normalized spacial score (nSPS) is 18.0. The molecule has 1 saturated heterocycles. The van der Waals surface area contributed by atoms with Gasteiger partial charge in [0.2, 0.25) is 5.91 Å². The standard InChI is InChI=1S/C29H25NO4/c1-19(31)26(28(32)30-23(18-34-29(30)33)17-20-9-3-2-4-10-20)27-24-13-7-5-11-21(24)15-16-22-12-6-8-14-25(22)27/h2-16,23,26-27H,17-18H2,1H3/t23-,26-/m1/s1. The van der Waals surface area contributed by atoms with Crippen LogP contribution >= 0.6 is 0 Å². The van der Waals surface area contributed by atoms with Crippen LogP contribution in [0.5, 0.6) is 0 Å². The SMILES string of the molecule is CC(=O)[C@@H](C(=O)N1C(=O)OC[C@H]1Cc1ccccc1)C1c2ccccc2C=Cc2ccccc21. The van der Waals surface area contributed by atoms with Gasteiger partial charge < -0.3 is 4.74 Å². The first-order chi connectivity index (χ1) is 16.5. The van der Waals surface area contributed by atoms with E-state index in [1.807, 2.05) is 91.0 Å². The Hall–Kier alpha value is -3.99. The average Bonchev–Trinajstić information content (AvgIpc) is 3.12. The molecule has 1 aliphatic carbocycles. The Kier molecular flexibility index (Phi) is 5.84. The highest BCUT2D eigenvalue weighted by molar-refractivity contribution is 6.07. The van der Waals surface area contributed by atoms with Gasteiger partial charge in [-0.1, -0.05) is 91.0 Å². The topological polar surface area (TPSA) is 63.7 Å². The van der Waals surface area contributed by atoms with Gasteiger partial charge in [0, 0.05) is 5.92 Å². The minimum absolute atomic E-state index is 0.115. The number of cyclic esters (lactones) is 1. The molecule has 5 nitrogen and oxygen atoms in total. The predicted molar refractivity (Wildman–Crippen MR) is 130 cm³/mol. The van der Waals surface area contributed by atoms with Gasteiger partial charge in [0.25, 0.3) is 0 Å². The van der Waals surface area contributed by atoms with Gasteiger partial charge in [-0.15, -0.1) is 0 Å². The quantitative estimate of drug-likeness (QED) is 0.507. The maximum atomic E-state index is 14.0. The lowest BCUT2D eigenvalue weighted by Crippen LogP contribution is -2.47. The molecule has 1 aliphatic heterocycles. The Morgan fingerprint density at radius 2 is 1.44 bits per heavy atom. The van der Waals surface area contributed by atoms with Crippen LogP contribution in [-0.4, -0.2) is 35.3 Å². The van der Waals surface area contributed by atoms with E-state index in [-0.39, 0.29) is 12.4 Å². The van der Waals surface area contributed by atoms with Crippen LogP contribution in [0.3, 0.4) is 0 Å². The van der Waals surface area contributed by atoms with Crippen molar-refractivity contribution in [2.75, 3.05) is 6.61 Å². The van der Waals surface area contributed by atoms with Crippen molar-refractivity contribution in [3.8, 4) is 0 Å². The first kappa shape index (κ1) is 21.8. The fraction of sp³-hybridized carbons (Fsp3) is 0.207. The zero-order valence-electron chi connectivity index (χ0n) is 18.9. The van der Waals surface area contributed by atoms with E-state index < -0.39 is 29.9 Å². The van der Waals surface area contributed by atoms with Crippen molar-refractivity contribution in [2.45, 2.75) is 25.3 Å². The molecule has 5 heteroatoms. The van der Waals surface area contributed by atoms with Crippen LogP contribution in [-0.2, 0) is 20.7 Å². The zero-order chi connectivity index (χ0) is 23.7. The van der Waals surface area contributed by atoms with Crippen LogP contribution in [0.2, 0.25) is 0 Å². The smallest absolute Gasteiger partial charge is 0.417 e. The summed E-state index contributed by atoms with van der Waals surface area (Å²) in [5.41, 5.74) is 4.69. The molecule has 2 amide bonds. The molecule has 34 heavy (non-hydrogen) atoms. The number of ketones is 1. The van der Waals surface area contributed by atoms with Gasteiger partial charge in [-0.25, -0.2) is 9.69 Å². The highest BCUT2D eigenvalue weighted by atomic mass is 16.6. The number of rotatable bonds is 5. The molecule has 0 spiro atoms. The minimum atomic E-state index is -1.05. The molecule has 0 unspecified atom stereocenters. The molecule has 1 fully saturated rings. The molecule has 2 atom stereocenters. The van der Waals surface area contributed by atoms with Crippen molar-refractivity contribution in [2.24, 2.45) is 5.92 Å². The van der Waals surface area contributed by atoms with Crippen molar-refractivity contribution in [3.05, 3.63) is 107 Å². The summed E-state index contributed by atoms with van der Waals surface area (Å²) in [5, 5.41) is 0. The lowest BCUT2D eigenvalue weighted by Gasteiger charge is -2.30. The average molecular weight is 452 g/mol. The van der Waals surface area contributed by atoms with Gasteiger partial charge in [-0.05, 0) is 41.2 Å². The summed E-state index contributed by atoms with van der Waals surface area (Å²) in [6.07, 6.45) is 3.81. The van der Waals surface area contributed by atoms with E-state index >= 15 is 0 Å². The van der Waals surface area contributed by atoms with Gasteiger partial charge in [0.15, 0.2) is 0 Å². The molecule has 1 heterocycles. The van der Waals surface area contributed by atoms with Crippen LogP contribution < -0.4 is 0 Å². The largest absolute Gasteiger partial charge is 0.447 e. The first-order valence-corrected chi connectivity index (χ1v) is 11.4. The van der Waals surface area contributed by atoms with E-state index in [1.165, 1.54) is 11.8 Å². The summed E-state index contributed by atoms with van der Waals surface area (Å²) in [6.45, 7) is 1.54. The Balaban J connectivity index is 1.58. The summed E-state index contributed by atoms with van der Waals surface area (Å²) >= 11 is 0. The van der Waals surface area contributed by atoms with Crippen molar-refractivity contribution < 1.29 is 19.1 Å². The second kappa shape index (κ2) is 9.10. The van der Waals surface area contributed by atoms with Crippen LogP contribution in [0.25, 0.3) is 12.2 Å². The Morgan fingerprint density at radius 3 is 2.03 bits per heavy atom. The maximum Gasteiger partial charge on any atom is 0.417 e. The monoisotopic (exact) mass is 451 g/mol. The summed E-state index contributed by atoms with van der Waals surface area (Å²) in [5.74, 6) is -2.35. The lowest BCUT2D eigenvalue weighted by molar-refractivity contribution is -0.139. The number of carbonyl (C=O) groups is 3. The molecule has 0 aromatic heterocycles. The van der Waals surface area contributed by atoms with Crippen LogP contribution in [0, 0.1) is 5.92 Å². The van der Waals surface area contributed by atoms with Crippen molar-refractivity contribution in [1.82, 2.24) is 4.90 Å². The molecular formula is C29H25NO4. The number of fused-ring (bicyclic) bond motifs is 2. The molecule has 5 rings (SSSR count). The van der Waals surface area contributed by atoms with E-state index in [4.69, 9.17) is 4.74 Å². The molecule has 2 aliphatic rings. The predicted octanol–water partition coefficient (Wildman–Crippen LogP) is 5.10. The number of benzene rings is 3. The maximum absolute atomic E-state index is 14.0. The summed E-state index contributed by atoms with van der Waals surface area (Å²) in [6, 6.07) is 24.8. The summed E-state index contributed by atoms with van der Waals surface area (Å²) in [7, 11) is 0. The number of Topliss-reactive ketones (excluding diaryl/α,β-unsaturated/α-hetero) is 1. The molecule has 0 saturated carbocycles. The van der Waals surface area contributed by atoms with Crippen LogP contribution in [0.4, 0.5) is 4.79 Å². The number of hydrogen-bond donors (Lipinski definition) is 0. The number of ether oxygens (including phenoxy) is 1. The molecule has 3 aromatic carbocycles. The zero-order valence-corrected chi connectivity index (χ0v) is 18.9. The van der Waals surface area contributed by atoms with Gasteiger partial charge in [0.05, 0.1) is 6.04 Å². The number of nitrogens with zero attached hydrogens (tertiary/aromatic N) is 1. The third kappa shape index (κ3) is 3.94. The first-order valence-electron chi connectivity index (χ1n) is 11.4. The Bertz CT molecular complexity index is 1230. The lowest BCUT2D eigenvalue weighted by atomic mass is 9.76. The van der Waals surface area contributed by atoms with Gasteiger partial charge in [-0.3, -0.25) is 9.59 Å². The highest BCUT2D eigenvalue weighted by Crippen LogP contribution is 2.41. The number of carbonyl (C=O) groups excluding carboxylic acids is 3. The fourth-order valence-electron chi connectivity index (χ4n) is 5.07. The van der Waals surface area contributed by atoms with E-state index in [1.54, 1.807) is 0 Å². The summed E-state index contributed by atoms with van der Waals surface area (Å²) < 4.78 is 5.29. The molecule has 0 bridgehead atoms. The molecule has 0 N–H and O–H groups in total. The summed E-state index contributed by atoms with van der Waals surface area (Å²) in [4.78, 5) is 41.1. The van der Waals surface area contributed by atoms with E-state index in [9.17, 15) is 14.4 Å². The fourth-order valence-corrected chi connectivity index (χ4v) is 5.07. The van der Waals surface area contributed by atoms with Crippen LogP contribution in [0.15, 0.2) is 78.9 Å². The van der Waals surface area contributed by atoms with Crippen LogP contribution in [0.1, 0.15) is 40.7 Å². The van der Waals surface area contributed by atoms with Gasteiger partial charge in [-0.2, -0.15) is 0 Å². The van der Waals surface area contributed by atoms with Crippen molar-refractivity contribution in [3.63, 3.8) is 0 Å². The Labute approximate surface area is 198 Å². The molecule has 3 aromatic rings. The van der Waals surface area contributed by atoms with E-state index in [0.29, 0.717) is 6.42 Å². The number of imide groups is 1. The Morgan fingerprint density at radius 1 is 0.882 bits per heavy atom. The third-order valence-corrected chi connectivity index (χ3v) is 6.65. The van der Waals surface area contributed by atoms with Crippen molar-refractivity contribution >= 4 is 29.9 Å². The number of amides is 2. The highest BCUT2D eigenvalue weighted by Gasteiger charge is 2.46.